The zero-order chi connectivity index (χ0) is 15.2. The fourth-order valence-corrected chi connectivity index (χ4v) is 2.90. The van der Waals surface area contributed by atoms with Crippen molar-refractivity contribution in [2.45, 2.75) is 18.4 Å². The minimum absolute atomic E-state index is 0.0165. The number of carbonyl (C=O) groups excluding carboxylic acids is 1. The molecule has 0 unspecified atom stereocenters. The Labute approximate surface area is 128 Å². The van der Waals surface area contributed by atoms with Gasteiger partial charge in [0, 0.05) is 19.0 Å². The maximum absolute atomic E-state index is 11.9. The molecule has 1 heterocycles. The molecule has 0 aliphatic rings. The topological polar surface area (TPSA) is 57.0 Å². The quantitative estimate of drug-likeness (QED) is 0.796. The Hall–Kier alpha value is -2.06. The predicted molar refractivity (Wildman–Crippen MR) is 85.1 cm³/mol. The van der Waals surface area contributed by atoms with Crippen molar-refractivity contribution in [3.63, 3.8) is 0 Å². The van der Waals surface area contributed by atoms with Crippen molar-refractivity contribution in [3.05, 3.63) is 35.9 Å². The fraction of sp³-hybridized carbons (Fsp3) is 0.312. The van der Waals surface area contributed by atoms with E-state index in [1.165, 1.54) is 11.8 Å². The van der Waals surface area contributed by atoms with Crippen LogP contribution in [0.15, 0.2) is 35.4 Å². The molecule has 5 heteroatoms. The lowest BCUT2D eigenvalue weighted by atomic mass is 10.1. The third-order valence-electron chi connectivity index (χ3n) is 3.23. The van der Waals surface area contributed by atoms with Crippen LogP contribution in [0.1, 0.15) is 12.0 Å². The van der Waals surface area contributed by atoms with E-state index < -0.39 is 0 Å². The van der Waals surface area contributed by atoms with Crippen molar-refractivity contribution in [2.24, 2.45) is 0 Å². The van der Waals surface area contributed by atoms with E-state index in [1.807, 2.05) is 36.4 Å². The Bertz CT molecular complexity index is 693. The van der Waals surface area contributed by atoms with Gasteiger partial charge in [0.25, 0.3) is 0 Å². The van der Waals surface area contributed by atoms with Crippen LogP contribution in [-0.4, -0.2) is 35.1 Å². The molecule has 0 saturated heterocycles. The van der Waals surface area contributed by atoms with Crippen molar-refractivity contribution >= 4 is 28.6 Å². The van der Waals surface area contributed by atoms with Crippen molar-refractivity contribution in [1.29, 1.82) is 5.26 Å². The van der Waals surface area contributed by atoms with E-state index in [2.05, 4.69) is 11.9 Å². The van der Waals surface area contributed by atoms with Crippen molar-refractivity contribution < 1.29 is 4.79 Å². The molecular formula is C16H17N3OS. The summed E-state index contributed by atoms with van der Waals surface area (Å²) in [5.41, 5.74) is 2.11. The molecule has 2 aromatic rings. The maximum atomic E-state index is 11.9. The van der Waals surface area contributed by atoms with Gasteiger partial charge in [-0.1, -0.05) is 30.0 Å². The number of fused-ring (bicyclic) bond motifs is 1. The average molecular weight is 299 g/mol. The molecule has 108 valence electrons. The van der Waals surface area contributed by atoms with E-state index in [0.717, 1.165) is 21.5 Å². The summed E-state index contributed by atoms with van der Waals surface area (Å²) < 4.78 is 0. The number of rotatable bonds is 5. The number of benzene rings is 1. The van der Waals surface area contributed by atoms with Gasteiger partial charge in [-0.05, 0) is 24.6 Å². The third-order valence-corrected chi connectivity index (χ3v) is 4.12. The molecule has 4 nitrogen and oxygen atoms in total. The Balaban J connectivity index is 2.04. The van der Waals surface area contributed by atoms with E-state index in [0.29, 0.717) is 18.7 Å². The third kappa shape index (κ3) is 3.96. The highest BCUT2D eigenvalue weighted by molar-refractivity contribution is 7.99. The van der Waals surface area contributed by atoms with Gasteiger partial charge >= 0.3 is 0 Å². The highest BCUT2D eigenvalue weighted by atomic mass is 32.2. The monoisotopic (exact) mass is 299 g/mol. The Morgan fingerprint density at radius 3 is 2.95 bits per heavy atom. The maximum Gasteiger partial charge on any atom is 0.232 e. The Morgan fingerprint density at radius 2 is 2.19 bits per heavy atom. The molecule has 1 amide bonds. The summed E-state index contributed by atoms with van der Waals surface area (Å²) in [7, 11) is 1.72. The van der Waals surface area contributed by atoms with Crippen LogP contribution in [0.25, 0.3) is 10.9 Å². The lowest BCUT2D eigenvalue weighted by Crippen LogP contribution is -2.29. The Kier molecular flexibility index (Phi) is 5.18. The van der Waals surface area contributed by atoms with E-state index in [1.54, 1.807) is 11.9 Å². The van der Waals surface area contributed by atoms with Gasteiger partial charge in [0.2, 0.25) is 5.91 Å². The minimum Gasteiger partial charge on any atom is -0.344 e. The second kappa shape index (κ2) is 7.09. The molecule has 2 rings (SSSR count). The molecule has 0 radical (unpaired) electrons. The molecular weight excluding hydrogens is 282 g/mol. The Morgan fingerprint density at radius 1 is 1.43 bits per heavy atom. The van der Waals surface area contributed by atoms with Crippen LogP contribution in [0.2, 0.25) is 0 Å². The summed E-state index contributed by atoms with van der Waals surface area (Å²) in [6, 6.07) is 12.0. The smallest absolute Gasteiger partial charge is 0.232 e. The molecule has 1 aromatic heterocycles. The van der Waals surface area contributed by atoms with Gasteiger partial charge in [0.05, 0.1) is 28.8 Å². The van der Waals surface area contributed by atoms with Crippen LogP contribution < -0.4 is 0 Å². The number of hydrogen-bond donors (Lipinski definition) is 0. The van der Waals surface area contributed by atoms with Crippen molar-refractivity contribution in [2.75, 3.05) is 19.3 Å². The first-order valence-electron chi connectivity index (χ1n) is 6.72. The largest absolute Gasteiger partial charge is 0.344 e. The summed E-state index contributed by atoms with van der Waals surface area (Å²) >= 11 is 1.43. The number of pyridine rings is 1. The summed E-state index contributed by atoms with van der Waals surface area (Å²) in [6.07, 6.45) is 0.361. The molecule has 0 aliphatic carbocycles. The fourth-order valence-electron chi connectivity index (χ4n) is 1.98. The molecule has 0 atom stereocenters. The number of amides is 1. The highest BCUT2D eigenvalue weighted by Crippen LogP contribution is 2.23. The predicted octanol–water partition coefficient (Wildman–Crippen LogP) is 3.01. The van der Waals surface area contributed by atoms with E-state index in [4.69, 9.17) is 5.26 Å². The van der Waals surface area contributed by atoms with Crippen LogP contribution in [0.5, 0.6) is 0 Å². The van der Waals surface area contributed by atoms with Crippen molar-refractivity contribution in [1.82, 2.24) is 9.88 Å². The number of nitriles is 1. The zero-order valence-electron chi connectivity index (χ0n) is 12.2. The van der Waals surface area contributed by atoms with Gasteiger partial charge < -0.3 is 4.90 Å². The van der Waals surface area contributed by atoms with Crippen LogP contribution in [-0.2, 0) is 4.79 Å². The van der Waals surface area contributed by atoms with Gasteiger partial charge in [-0.25, -0.2) is 4.98 Å². The van der Waals surface area contributed by atoms with Gasteiger partial charge in [0.1, 0.15) is 0 Å². The number of thioether (sulfide) groups is 1. The van der Waals surface area contributed by atoms with Gasteiger partial charge in [-0.2, -0.15) is 5.26 Å². The average Bonchev–Trinajstić information content (AvgIpc) is 2.50. The lowest BCUT2D eigenvalue weighted by molar-refractivity contribution is -0.127. The molecule has 0 spiro atoms. The SMILES string of the molecule is Cc1cc(SCC(=O)N(C)CCC#N)nc2ccccc12. The standard InChI is InChI=1S/C16H17N3OS/c1-12-10-15(18-14-7-4-3-6-13(12)14)21-11-16(20)19(2)9-5-8-17/h3-4,6-7,10H,5,9,11H2,1-2H3. The molecule has 0 fully saturated rings. The first kappa shape index (κ1) is 15.3. The minimum atomic E-state index is 0.0165. The molecule has 0 saturated carbocycles. The van der Waals surface area contributed by atoms with Crippen LogP contribution in [0, 0.1) is 18.3 Å². The van der Waals surface area contributed by atoms with Gasteiger partial charge in [-0.15, -0.1) is 0 Å². The molecule has 1 aromatic carbocycles. The molecule has 0 aliphatic heterocycles. The summed E-state index contributed by atoms with van der Waals surface area (Å²) in [5.74, 6) is 0.357. The molecule has 21 heavy (non-hydrogen) atoms. The number of para-hydroxylation sites is 1. The van der Waals surface area contributed by atoms with Crippen molar-refractivity contribution in [3.8, 4) is 6.07 Å². The first-order valence-corrected chi connectivity index (χ1v) is 7.70. The second-order valence-corrected chi connectivity index (χ2v) is 5.80. The van der Waals surface area contributed by atoms with E-state index in [-0.39, 0.29) is 5.91 Å². The van der Waals surface area contributed by atoms with Crippen LogP contribution in [0.4, 0.5) is 0 Å². The summed E-state index contributed by atoms with van der Waals surface area (Å²) in [4.78, 5) is 18.1. The summed E-state index contributed by atoms with van der Waals surface area (Å²) in [5, 5.41) is 10.5. The number of aryl methyl sites for hydroxylation is 1. The van der Waals surface area contributed by atoms with E-state index >= 15 is 0 Å². The zero-order valence-corrected chi connectivity index (χ0v) is 13.0. The number of nitrogens with zero attached hydrogens (tertiary/aromatic N) is 3. The van der Waals surface area contributed by atoms with Crippen LogP contribution >= 0.6 is 11.8 Å². The molecule has 0 bridgehead atoms. The highest BCUT2D eigenvalue weighted by Gasteiger charge is 2.10. The van der Waals surface area contributed by atoms with Gasteiger partial charge in [0.15, 0.2) is 0 Å². The number of aromatic nitrogens is 1. The summed E-state index contributed by atoms with van der Waals surface area (Å²) in [6.45, 7) is 2.52. The van der Waals surface area contributed by atoms with Gasteiger partial charge in [-0.3, -0.25) is 4.79 Å². The first-order chi connectivity index (χ1) is 10.1. The second-order valence-electron chi connectivity index (χ2n) is 4.81. The number of carbonyl (C=O) groups is 1. The normalized spacial score (nSPS) is 10.3. The van der Waals surface area contributed by atoms with Crippen LogP contribution in [0.3, 0.4) is 0 Å². The number of hydrogen-bond acceptors (Lipinski definition) is 4. The molecule has 0 N–H and O–H groups in total. The lowest BCUT2D eigenvalue weighted by Gasteiger charge is -2.15. The van der Waals surface area contributed by atoms with E-state index in [9.17, 15) is 4.79 Å².